The lowest BCUT2D eigenvalue weighted by Crippen LogP contribution is -2.21. The van der Waals surface area contributed by atoms with E-state index in [1.807, 2.05) is 13.0 Å². The SMILES string of the molecule is CC(C)=CCCC(C)=CCCC(C)=CCCCC([PH](=O)OC(C)OC(=O)c1ccccc1)S(=O)(=O)O. The zero-order valence-electron chi connectivity index (χ0n) is 22.0. The maximum atomic E-state index is 12.6. The van der Waals surface area contributed by atoms with Crippen LogP contribution < -0.4 is 0 Å². The monoisotopic (exact) mass is 540 g/mol. The van der Waals surface area contributed by atoms with Crippen LogP contribution in [0, 0.1) is 0 Å². The van der Waals surface area contributed by atoms with Crippen molar-refractivity contribution in [3.8, 4) is 0 Å². The molecule has 0 aliphatic carbocycles. The van der Waals surface area contributed by atoms with Gasteiger partial charge >= 0.3 is 5.97 Å². The number of carbonyl (C=O) groups is 1. The molecule has 0 saturated heterocycles. The van der Waals surface area contributed by atoms with Crippen molar-refractivity contribution >= 4 is 24.1 Å². The van der Waals surface area contributed by atoms with Gasteiger partial charge in [-0.1, -0.05) is 53.1 Å². The molecule has 9 heteroatoms. The molecule has 0 bridgehead atoms. The second-order valence-corrected chi connectivity index (χ2v) is 12.8. The van der Waals surface area contributed by atoms with Gasteiger partial charge in [0, 0.05) is 0 Å². The van der Waals surface area contributed by atoms with Gasteiger partial charge in [-0.25, -0.2) is 4.79 Å². The number of benzene rings is 1. The second-order valence-electron chi connectivity index (χ2n) is 9.17. The first-order chi connectivity index (χ1) is 16.9. The van der Waals surface area contributed by atoms with Gasteiger partial charge in [0.25, 0.3) is 10.1 Å². The third-order valence-corrected chi connectivity index (χ3v) is 9.28. The molecule has 1 aromatic carbocycles. The van der Waals surface area contributed by atoms with E-state index in [9.17, 15) is 22.3 Å². The van der Waals surface area contributed by atoms with Crippen LogP contribution in [0.1, 0.15) is 89.9 Å². The Morgan fingerprint density at radius 3 is 2.08 bits per heavy atom. The van der Waals surface area contributed by atoms with Crippen LogP contribution in [0.15, 0.2) is 65.3 Å². The lowest BCUT2D eigenvalue weighted by atomic mass is 10.1. The number of allylic oxidation sites excluding steroid dienone is 6. The van der Waals surface area contributed by atoms with Crippen molar-refractivity contribution in [1.29, 1.82) is 0 Å². The van der Waals surface area contributed by atoms with E-state index in [1.165, 1.54) is 23.6 Å². The summed E-state index contributed by atoms with van der Waals surface area (Å²) in [4.78, 5) is 10.5. The normalized spacial score (nSPS) is 15.2. The van der Waals surface area contributed by atoms with Crippen molar-refractivity contribution in [2.24, 2.45) is 0 Å². The molecule has 1 rings (SSSR count). The van der Waals surface area contributed by atoms with Crippen LogP contribution in [-0.2, 0) is 23.9 Å². The van der Waals surface area contributed by atoms with Crippen molar-refractivity contribution in [1.82, 2.24) is 0 Å². The number of carbonyl (C=O) groups excluding carboxylic acids is 1. The molecular weight excluding hydrogens is 499 g/mol. The van der Waals surface area contributed by atoms with Gasteiger partial charge in [-0.15, -0.1) is 0 Å². The van der Waals surface area contributed by atoms with Crippen molar-refractivity contribution in [3.63, 3.8) is 0 Å². The fourth-order valence-corrected chi connectivity index (χ4v) is 6.01. The fraction of sp³-hybridized carbons (Fsp3) is 0.519. The lowest BCUT2D eigenvalue weighted by Gasteiger charge is -2.18. The third-order valence-electron chi connectivity index (χ3n) is 5.47. The van der Waals surface area contributed by atoms with Crippen LogP contribution in [0.3, 0.4) is 0 Å². The van der Waals surface area contributed by atoms with Gasteiger partial charge in [-0.05, 0) is 91.7 Å². The Kier molecular flexibility index (Phi) is 14.9. The molecular formula is C27H41O7PS. The minimum absolute atomic E-state index is 0.0247. The molecule has 0 aliphatic rings. The lowest BCUT2D eigenvalue weighted by molar-refractivity contribution is -0.0335. The summed E-state index contributed by atoms with van der Waals surface area (Å²) in [6, 6.07) is 8.19. The average molecular weight is 541 g/mol. The first-order valence-corrected chi connectivity index (χ1v) is 15.2. The Bertz CT molecular complexity index is 1040. The van der Waals surface area contributed by atoms with Gasteiger partial charge in [0.05, 0.1) is 5.56 Å². The summed E-state index contributed by atoms with van der Waals surface area (Å²) in [6.07, 6.45) is 10.2. The van der Waals surface area contributed by atoms with Crippen molar-refractivity contribution in [3.05, 3.63) is 70.8 Å². The van der Waals surface area contributed by atoms with Crippen LogP contribution in [0.2, 0.25) is 0 Å². The molecule has 0 saturated carbocycles. The van der Waals surface area contributed by atoms with Crippen molar-refractivity contribution in [2.75, 3.05) is 0 Å². The Hall–Kier alpha value is -1.99. The summed E-state index contributed by atoms with van der Waals surface area (Å²) in [7, 11) is -7.84. The number of rotatable bonds is 16. The zero-order valence-corrected chi connectivity index (χ0v) is 23.8. The minimum Gasteiger partial charge on any atom is -0.432 e. The molecule has 0 aromatic heterocycles. The summed E-state index contributed by atoms with van der Waals surface area (Å²) >= 11 is 0. The van der Waals surface area contributed by atoms with E-state index in [-0.39, 0.29) is 12.0 Å². The van der Waals surface area contributed by atoms with Crippen LogP contribution in [0.25, 0.3) is 0 Å². The standard InChI is InChI=1S/C27H41O7PS/c1-21(2)13-11-15-23(4)17-12-16-22(3)14-9-10-20-26(36(30,31)32)35(29)34-24(5)33-27(28)25-18-7-6-8-19-25/h6-8,13-14,17-19,24,26,35H,9-12,15-16,20H2,1-5H3,(H,30,31,32). The number of hydrogen-bond donors (Lipinski definition) is 1. The first-order valence-electron chi connectivity index (χ1n) is 12.3. The second kappa shape index (κ2) is 16.7. The largest absolute Gasteiger partial charge is 0.432 e. The molecule has 0 fully saturated rings. The van der Waals surface area contributed by atoms with Crippen LogP contribution in [0.5, 0.6) is 0 Å². The van der Waals surface area contributed by atoms with E-state index in [0.717, 1.165) is 25.7 Å². The maximum absolute atomic E-state index is 12.6. The van der Waals surface area contributed by atoms with E-state index in [0.29, 0.717) is 12.8 Å². The van der Waals surface area contributed by atoms with Crippen LogP contribution >= 0.6 is 8.03 Å². The predicted molar refractivity (Wildman–Crippen MR) is 146 cm³/mol. The molecule has 0 radical (unpaired) electrons. The van der Waals surface area contributed by atoms with Gasteiger partial charge in [-0.3, -0.25) is 13.6 Å². The van der Waals surface area contributed by atoms with Gasteiger partial charge in [0.2, 0.25) is 14.3 Å². The maximum Gasteiger partial charge on any atom is 0.340 e. The molecule has 0 heterocycles. The highest BCUT2D eigenvalue weighted by Gasteiger charge is 2.31. The van der Waals surface area contributed by atoms with Gasteiger partial charge in [0.1, 0.15) is 0 Å². The highest BCUT2D eigenvalue weighted by molar-refractivity contribution is 7.92. The number of hydrogen-bond acceptors (Lipinski definition) is 6. The van der Waals surface area contributed by atoms with Gasteiger partial charge < -0.3 is 4.74 Å². The molecule has 0 amide bonds. The topological polar surface area (TPSA) is 107 Å². The smallest absolute Gasteiger partial charge is 0.340 e. The number of unbranched alkanes of at least 4 members (excludes halogenated alkanes) is 1. The summed E-state index contributed by atoms with van der Waals surface area (Å²) in [5.41, 5.74) is 4.17. The average Bonchev–Trinajstić information content (AvgIpc) is 2.78. The van der Waals surface area contributed by atoms with E-state index < -0.39 is 35.4 Å². The Morgan fingerprint density at radius 2 is 1.53 bits per heavy atom. The fourth-order valence-electron chi connectivity index (χ4n) is 3.44. The van der Waals surface area contributed by atoms with Crippen molar-refractivity contribution in [2.45, 2.75) is 90.8 Å². The minimum atomic E-state index is -4.59. The molecule has 0 spiro atoms. The van der Waals surface area contributed by atoms with Gasteiger partial charge in [-0.2, -0.15) is 8.42 Å². The van der Waals surface area contributed by atoms with Gasteiger partial charge in [0.15, 0.2) is 4.99 Å². The summed E-state index contributed by atoms with van der Waals surface area (Å²) < 4.78 is 56.0. The molecule has 7 nitrogen and oxygen atoms in total. The Balaban J connectivity index is 2.51. The molecule has 3 unspecified atom stereocenters. The van der Waals surface area contributed by atoms with E-state index in [1.54, 1.807) is 30.3 Å². The third kappa shape index (κ3) is 13.9. The summed E-state index contributed by atoms with van der Waals surface area (Å²) in [5, 5.41) is 0. The first kappa shape index (κ1) is 32.0. The number of esters is 1. The van der Waals surface area contributed by atoms with E-state index in [4.69, 9.17) is 9.26 Å². The number of ether oxygens (including phenoxy) is 1. The highest BCUT2D eigenvalue weighted by Crippen LogP contribution is 2.38. The molecule has 36 heavy (non-hydrogen) atoms. The van der Waals surface area contributed by atoms with E-state index >= 15 is 0 Å². The van der Waals surface area contributed by atoms with Crippen molar-refractivity contribution < 1.29 is 31.6 Å². The Morgan fingerprint density at radius 1 is 0.972 bits per heavy atom. The summed E-state index contributed by atoms with van der Waals surface area (Å²) in [5.74, 6) is -0.681. The van der Waals surface area contributed by atoms with E-state index in [2.05, 4.69) is 32.9 Å². The quantitative estimate of drug-likeness (QED) is 0.0578. The Labute approximate surface area is 217 Å². The molecule has 0 aliphatic heterocycles. The summed E-state index contributed by atoms with van der Waals surface area (Å²) in [6.45, 7) is 9.72. The molecule has 3 atom stereocenters. The zero-order chi connectivity index (χ0) is 27.1. The van der Waals surface area contributed by atoms with Crippen LogP contribution in [0.4, 0.5) is 0 Å². The highest BCUT2D eigenvalue weighted by atomic mass is 32.2. The van der Waals surface area contributed by atoms with Crippen LogP contribution in [-0.4, -0.2) is 30.2 Å². The molecule has 1 aromatic rings. The predicted octanol–water partition coefficient (Wildman–Crippen LogP) is 7.48. The molecule has 1 N–H and O–H groups in total. The molecule has 202 valence electrons.